The summed E-state index contributed by atoms with van der Waals surface area (Å²) in [5.74, 6) is 0. The maximum Gasteiger partial charge on any atom is 0.0546 e. The van der Waals surface area contributed by atoms with Crippen LogP contribution in [0.1, 0.15) is 0 Å². The summed E-state index contributed by atoms with van der Waals surface area (Å²) < 4.78 is 0. The molecule has 0 aliphatic rings. The Morgan fingerprint density at radius 2 is 0.907 bits per heavy atom. The van der Waals surface area contributed by atoms with Crippen LogP contribution in [0.25, 0.3) is 54.6 Å². The SMILES string of the molecule is c1ccc(-c2cccc(N(c3ccc4ccccc4c3)c3ccc4ccccc4c3-c3cccc4ccccc34)c2)cc1. The third-order valence-corrected chi connectivity index (χ3v) is 8.41. The molecule has 0 spiro atoms. The van der Waals surface area contributed by atoms with Crippen molar-refractivity contribution >= 4 is 49.4 Å². The number of rotatable bonds is 5. The van der Waals surface area contributed by atoms with E-state index in [1.165, 1.54) is 54.6 Å². The van der Waals surface area contributed by atoms with Crippen LogP contribution < -0.4 is 4.90 Å². The Morgan fingerprint density at radius 1 is 0.326 bits per heavy atom. The topological polar surface area (TPSA) is 3.24 Å². The Labute approximate surface area is 251 Å². The minimum Gasteiger partial charge on any atom is -0.310 e. The highest BCUT2D eigenvalue weighted by atomic mass is 15.1. The van der Waals surface area contributed by atoms with Crippen molar-refractivity contribution in [3.8, 4) is 22.3 Å². The van der Waals surface area contributed by atoms with Gasteiger partial charge >= 0.3 is 0 Å². The Bertz CT molecular complexity index is 2240. The number of hydrogen-bond donors (Lipinski definition) is 0. The first-order valence-corrected chi connectivity index (χ1v) is 14.8. The van der Waals surface area contributed by atoms with Crippen molar-refractivity contribution in [1.82, 2.24) is 0 Å². The van der Waals surface area contributed by atoms with Gasteiger partial charge in [0.2, 0.25) is 0 Å². The van der Waals surface area contributed by atoms with E-state index in [1.807, 2.05) is 0 Å². The van der Waals surface area contributed by atoms with Gasteiger partial charge in [-0.05, 0) is 79.3 Å². The smallest absolute Gasteiger partial charge is 0.0546 e. The number of anilines is 3. The second-order valence-corrected chi connectivity index (χ2v) is 11.0. The molecule has 0 fully saturated rings. The van der Waals surface area contributed by atoms with Crippen LogP contribution in [-0.4, -0.2) is 0 Å². The number of nitrogens with zero attached hydrogens (tertiary/aromatic N) is 1. The van der Waals surface area contributed by atoms with Crippen molar-refractivity contribution < 1.29 is 0 Å². The first-order chi connectivity index (χ1) is 21.3. The van der Waals surface area contributed by atoms with E-state index in [4.69, 9.17) is 0 Å². The van der Waals surface area contributed by atoms with E-state index >= 15 is 0 Å². The van der Waals surface area contributed by atoms with Crippen LogP contribution >= 0.6 is 0 Å². The first kappa shape index (κ1) is 25.1. The van der Waals surface area contributed by atoms with E-state index in [0.717, 1.165) is 17.1 Å². The van der Waals surface area contributed by atoms with Crippen LogP contribution in [0.4, 0.5) is 17.1 Å². The lowest BCUT2D eigenvalue weighted by atomic mass is 9.91. The molecule has 0 saturated heterocycles. The van der Waals surface area contributed by atoms with Crippen LogP contribution in [0.3, 0.4) is 0 Å². The van der Waals surface area contributed by atoms with E-state index in [1.54, 1.807) is 0 Å². The quantitative estimate of drug-likeness (QED) is 0.207. The summed E-state index contributed by atoms with van der Waals surface area (Å²) in [6.45, 7) is 0. The highest BCUT2D eigenvalue weighted by molar-refractivity contribution is 6.11. The van der Waals surface area contributed by atoms with E-state index < -0.39 is 0 Å². The largest absolute Gasteiger partial charge is 0.310 e. The fourth-order valence-electron chi connectivity index (χ4n) is 6.37. The fraction of sp³-hybridized carbons (Fsp3) is 0. The van der Waals surface area contributed by atoms with Crippen molar-refractivity contribution in [2.45, 2.75) is 0 Å². The van der Waals surface area contributed by atoms with Crippen LogP contribution in [0.15, 0.2) is 176 Å². The molecule has 0 aliphatic carbocycles. The fourth-order valence-corrected chi connectivity index (χ4v) is 6.37. The van der Waals surface area contributed by atoms with Crippen LogP contribution in [0, 0.1) is 0 Å². The normalized spacial score (nSPS) is 11.3. The van der Waals surface area contributed by atoms with Gasteiger partial charge in [-0.3, -0.25) is 0 Å². The molecule has 0 bridgehead atoms. The minimum atomic E-state index is 1.12. The number of fused-ring (bicyclic) bond motifs is 3. The summed E-state index contributed by atoms with van der Waals surface area (Å²) in [7, 11) is 0. The van der Waals surface area contributed by atoms with Gasteiger partial charge in [0.05, 0.1) is 5.69 Å². The van der Waals surface area contributed by atoms with Crippen molar-refractivity contribution in [1.29, 1.82) is 0 Å². The molecule has 0 saturated carbocycles. The van der Waals surface area contributed by atoms with Crippen molar-refractivity contribution in [2.24, 2.45) is 0 Å². The van der Waals surface area contributed by atoms with E-state index in [2.05, 4.69) is 181 Å². The molecule has 43 heavy (non-hydrogen) atoms. The maximum absolute atomic E-state index is 2.43. The lowest BCUT2D eigenvalue weighted by Gasteiger charge is -2.29. The molecule has 0 aliphatic heterocycles. The molecular formula is C42H29N. The van der Waals surface area contributed by atoms with Gasteiger partial charge in [-0.2, -0.15) is 0 Å². The van der Waals surface area contributed by atoms with Gasteiger partial charge in [-0.25, -0.2) is 0 Å². The molecule has 8 aromatic rings. The Hall–Kier alpha value is -5.66. The molecule has 0 aromatic heterocycles. The van der Waals surface area contributed by atoms with E-state index in [9.17, 15) is 0 Å². The Balaban J connectivity index is 1.45. The molecule has 202 valence electrons. The lowest BCUT2D eigenvalue weighted by Crippen LogP contribution is -2.11. The highest BCUT2D eigenvalue weighted by Crippen LogP contribution is 2.46. The summed E-state index contributed by atoms with van der Waals surface area (Å²) in [6, 6.07) is 63.6. The molecule has 1 nitrogen and oxygen atoms in total. The maximum atomic E-state index is 2.43. The first-order valence-electron chi connectivity index (χ1n) is 14.8. The Morgan fingerprint density at radius 3 is 1.74 bits per heavy atom. The average Bonchev–Trinajstić information content (AvgIpc) is 3.08. The van der Waals surface area contributed by atoms with Gasteiger partial charge in [0.15, 0.2) is 0 Å². The summed E-state index contributed by atoms with van der Waals surface area (Å²) in [4.78, 5) is 2.43. The predicted octanol–water partition coefficient (Wildman–Crippen LogP) is 11.9. The third-order valence-electron chi connectivity index (χ3n) is 8.41. The molecule has 1 heteroatoms. The van der Waals surface area contributed by atoms with Gasteiger partial charge < -0.3 is 4.90 Å². The zero-order valence-corrected chi connectivity index (χ0v) is 23.7. The number of benzene rings is 8. The Kier molecular flexibility index (Phi) is 6.20. The molecule has 0 atom stereocenters. The molecule has 0 unspecified atom stereocenters. The standard InChI is InChI=1S/C42H29N/c1-2-12-30(13-3-1)35-19-10-20-36(28-35)43(37-26-24-31-14-4-5-17-34(31)29-37)41-27-25-33-16-7-9-22-39(33)42(41)40-23-11-18-32-15-6-8-21-38(32)40/h1-29H. The van der Waals surface area contributed by atoms with Crippen LogP contribution in [0.5, 0.6) is 0 Å². The highest BCUT2D eigenvalue weighted by Gasteiger charge is 2.21. The summed E-state index contributed by atoms with van der Waals surface area (Å²) in [6.07, 6.45) is 0. The summed E-state index contributed by atoms with van der Waals surface area (Å²) in [5.41, 5.74) is 8.25. The molecule has 0 N–H and O–H groups in total. The molecule has 8 aromatic carbocycles. The van der Waals surface area contributed by atoms with Crippen molar-refractivity contribution in [3.63, 3.8) is 0 Å². The summed E-state index contributed by atoms with van der Waals surface area (Å²) >= 11 is 0. The van der Waals surface area contributed by atoms with Crippen LogP contribution in [0.2, 0.25) is 0 Å². The third kappa shape index (κ3) is 4.52. The molecule has 0 heterocycles. The molecule has 0 radical (unpaired) electrons. The zero-order valence-electron chi connectivity index (χ0n) is 23.7. The van der Waals surface area contributed by atoms with Gasteiger partial charge in [-0.15, -0.1) is 0 Å². The second-order valence-electron chi connectivity index (χ2n) is 11.0. The lowest BCUT2D eigenvalue weighted by molar-refractivity contribution is 1.29. The van der Waals surface area contributed by atoms with Gasteiger partial charge in [-0.1, -0.05) is 146 Å². The van der Waals surface area contributed by atoms with Crippen molar-refractivity contribution in [2.75, 3.05) is 4.90 Å². The monoisotopic (exact) mass is 547 g/mol. The van der Waals surface area contributed by atoms with Crippen molar-refractivity contribution in [3.05, 3.63) is 176 Å². The van der Waals surface area contributed by atoms with Gasteiger partial charge in [0.25, 0.3) is 0 Å². The minimum absolute atomic E-state index is 1.12. The second kappa shape index (κ2) is 10.6. The van der Waals surface area contributed by atoms with Gasteiger partial charge in [0, 0.05) is 16.9 Å². The van der Waals surface area contributed by atoms with E-state index in [0.29, 0.717) is 0 Å². The van der Waals surface area contributed by atoms with Crippen LogP contribution in [-0.2, 0) is 0 Å². The summed E-state index contributed by atoms with van der Waals surface area (Å²) in [5, 5.41) is 7.40. The van der Waals surface area contributed by atoms with E-state index in [-0.39, 0.29) is 0 Å². The average molecular weight is 548 g/mol. The number of hydrogen-bond acceptors (Lipinski definition) is 1. The molecule has 0 amide bonds. The molecular weight excluding hydrogens is 518 g/mol. The van der Waals surface area contributed by atoms with Gasteiger partial charge in [0.1, 0.15) is 0 Å². The zero-order chi connectivity index (χ0) is 28.6. The predicted molar refractivity (Wildman–Crippen MR) is 185 cm³/mol. The molecule has 8 rings (SSSR count).